The summed E-state index contributed by atoms with van der Waals surface area (Å²) < 4.78 is 36.8. The number of rotatable bonds is 6. The molecule has 2 aromatic rings. The van der Waals surface area contributed by atoms with Crippen LogP contribution in [0.3, 0.4) is 0 Å². The number of sulfonamides is 1. The Bertz CT molecular complexity index is 631. The number of aromatic nitrogens is 1. The van der Waals surface area contributed by atoms with Crippen LogP contribution in [0.15, 0.2) is 32.2 Å². The minimum absolute atomic E-state index is 0.0499. The van der Waals surface area contributed by atoms with Crippen LogP contribution in [0.2, 0.25) is 0 Å². The molecule has 0 aliphatic rings. The maximum atomic E-state index is 12.1. The third-order valence-corrected chi connectivity index (χ3v) is 4.00. The quantitative estimate of drug-likeness (QED) is 0.813. The Kier molecular flexibility index (Phi) is 4.03. The van der Waals surface area contributed by atoms with Crippen molar-refractivity contribution in [1.82, 2.24) is 15.2 Å². The first kappa shape index (κ1) is 13.8. The van der Waals surface area contributed by atoms with E-state index in [0.717, 1.165) is 0 Å². The first-order valence-electron chi connectivity index (χ1n) is 5.66. The molecule has 0 bridgehead atoms. The van der Waals surface area contributed by atoms with Crippen LogP contribution in [-0.4, -0.2) is 20.6 Å². The van der Waals surface area contributed by atoms with Crippen LogP contribution in [-0.2, 0) is 23.1 Å². The van der Waals surface area contributed by atoms with Gasteiger partial charge in [-0.2, -0.15) is 0 Å². The lowest BCUT2D eigenvalue weighted by molar-refractivity contribution is 0.380. The molecule has 2 rings (SSSR count). The monoisotopic (exact) mass is 285 g/mol. The summed E-state index contributed by atoms with van der Waals surface area (Å²) in [5.74, 6) is 1.37. The van der Waals surface area contributed by atoms with Crippen LogP contribution < -0.4 is 10.0 Å². The van der Waals surface area contributed by atoms with E-state index in [1.54, 1.807) is 20.0 Å². The first-order chi connectivity index (χ1) is 9.03. The standard InChI is InChI=1S/C11H15N3O4S/c1-8-11(5-10(17-8)6-12-2)19(15,16)14-7-9-3-4-13-18-9/h3-5,12,14H,6-7H2,1-2H3. The predicted molar refractivity (Wildman–Crippen MR) is 66.7 cm³/mol. The highest BCUT2D eigenvalue weighted by molar-refractivity contribution is 7.89. The van der Waals surface area contributed by atoms with Crippen LogP contribution in [0.4, 0.5) is 0 Å². The molecule has 0 aliphatic heterocycles. The fourth-order valence-electron chi connectivity index (χ4n) is 1.63. The van der Waals surface area contributed by atoms with E-state index in [0.29, 0.717) is 23.8 Å². The largest absolute Gasteiger partial charge is 0.464 e. The minimum Gasteiger partial charge on any atom is -0.464 e. The van der Waals surface area contributed by atoms with Gasteiger partial charge in [0, 0.05) is 12.1 Å². The van der Waals surface area contributed by atoms with Crippen LogP contribution in [0.1, 0.15) is 17.3 Å². The third-order valence-electron chi connectivity index (χ3n) is 2.49. The molecule has 0 fully saturated rings. The van der Waals surface area contributed by atoms with Crippen LogP contribution in [0, 0.1) is 6.92 Å². The molecule has 0 radical (unpaired) electrons. The molecule has 0 amide bonds. The number of hydrogen-bond acceptors (Lipinski definition) is 6. The van der Waals surface area contributed by atoms with E-state index >= 15 is 0 Å². The molecule has 0 saturated carbocycles. The van der Waals surface area contributed by atoms with Crippen molar-refractivity contribution < 1.29 is 17.4 Å². The molecule has 104 valence electrons. The molecule has 0 spiro atoms. The van der Waals surface area contributed by atoms with E-state index in [1.165, 1.54) is 12.3 Å². The summed E-state index contributed by atoms with van der Waals surface area (Å²) in [5.41, 5.74) is 0. The van der Waals surface area contributed by atoms with Gasteiger partial charge >= 0.3 is 0 Å². The molecule has 2 N–H and O–H groups in total. The lowest BCUT2D eigenvalue weighted by Gasteiger charge is -2.02. The van der Waals surface area contributed by atoms with Gasteiger partial charge in [0.25, 0.3) is 0 Å². The number of nitrogens with zero attached hydrogens (tertiary/aromatic N) is 1. The Labute approximate surface area is 111 Å². The second-order valence-corrected chi connectivity index (χ2v) is 5.70. The second kappa shape index (κ2) is 5.55. The average Bonchev–Trinajstić information content (AvgIpc) is 2.97. The number of aryl methyl sites for hydroxylation is 1. The number of nitrogens with one attached hydrogen (secondary N) is 2. The Hall–Kier alpha value is -1.64. The maximum Gasteiger partial charge on any atom is 0.244 e. The zero-order valence-corrected chi connectivity index (χ0v) is 11.5. The van der Waals surface area contributed by atoms with Gasteiger partial charge in [-0.25, -0.2) is 13.1 Å². The van der Waals surface area contributed by atoms with Gasteiger partial charge in [-0.15, -0.1) is 0 Å². The van der Waals surface area contributed by atoms with Gasteiger partial charge in [0.05, 0.1) is 19.3 Å². The molecule has 2 aromatic heterocycles. The molecular weight excluding hydrogens is 270 g/mol. The molecular formula is C11H15N3O4S. The van der Waals surface area contributed by atoms with Crippen LogP contribution >= 0.6 is 0 Å². The van der Waals surface area contributed by atoms with E-state index < -0.39 is 10.0 Å². The van der Waals surface area contributed by atoms with Gasteiger partial charge in [0.2, 0.25) is 10.0 Å². The molecule has 7 nitrogen and oxygen atoms in total. The summed E-state index contributed by atoms with van der Waals surface area (Å²) in [6, 6.07) is 3.10. The highest BCUT2D eigenvalue weighted by atomic mass is 32.2. The number of furan rings is 1. The van der Waals surface area contributed by atoms with Gasteiger partial charge in [0.1, 0.15) is 16.4 Å². The molecule has 0 aromatic carbocycles. The summed E-state index contributed by atoms with van der Waals surface area (Å²) >= 11 is 0. The van der Waals surface area contributed by atoms with Gasteiger partial charge < -0.3 is 14.3 Å². The van der Waals surface area contributed by atoms with Crippen molar-refractivity contribution in [2.75, 3.05) is 7.05 Å². The summed E-state index contributed by atoms with van der Waals surface area (Å²) in [4.78, 5) is 0.136. The van der Waals surface area contributed by atoms with Crippen molar-refractivity contribution in [3.05, 3.63) is 35.6 Å². The van der Waals surface area contributed by atoms with Crippen molar-refractivity contribution in [2.24, 2.45) is 0 Å². The Balaban J connectivity index is 2.14. The highest BCUT2D eigenvalue weighted by Crippen LogP contribution is 2.20. The summed E-state index contributed by atoms with van der Waals surface area (Å²) in [6.45, 7) is 2.13. The van der Waals surface area contributed by atoms with E-state index in [9.17, 15) is 8.42 Å². The van der Waals surface area contributed by atoms with Gasteiger partial charge in [-0.3, -0.25) is 0 Å². The average molecular weight is 285 g/mol. The molecule has 0 saturated heterocycles. The molecule has 0 unspecified atom stereocenters. The lowest BCUT2D eigenvalue weighted by Crippen LogP contribution is -2.23. The molecule has 2 heterocycles. The van der Waals surface area contributed by atoms with Crippen LogP contribution in [0.25, 0.3) is 0 Å². The van der Waals surface area contributed by atoms with Crippen molar-refractivity contribution in [2.45, 2.75) is 24.9 Å². The predicted octanol–water partition coefficient (Wildman–Crippen LogP) is 0.774. The molecule has 19 heavy (non-hydrogen) atoms. The normalized spacial score (nSPS) is 11.9. The fourth-order valence-corrected chi connectivity index (χ4v) is 2.82. The van der Waals surface area contributed by atoms with Crippen LogP contribution in [0.5, 0.6) is 0 Å². The Morgan fingerprint density at radius 2 is 2.11 bits per heavy atom. The summed E-state index contributed by atoms with van der Waals surface area (Å²) in [5, 5.41) is 6.40. The summed E-state index contributed by atoms with van der Waals surface area (Å²) in [7, 11) is -1.87. The second-order valence-electron chi connectivity index (χ2n) is 3.97. The van der Waals surface area contributed by atoms with Gasteiger partial charge in [0.15, 0.2) is 5.76 Å². The van der Waals surface area contributed by atoms with Crippen molar-refractivity contribution >= 4 is 10.0 Å². The Morgan fingerprint density at radius 3 is 2.74 bits per heavy atom. The van der Waals surface area contributed by atoms with Gasteiger partial charge in [-0.1, -0.05) is 5.16 Å². The molecule has 0 aliphatic carbocycles. The van der Waals surface area contributed by atoms with E-state index in [1.807, 2.05) is 0 Å². The number of hydrogen-bond donors (Lipinski definition) is 2. The third kappa shape index (κ3) is 3.22. The Morgan fingerprint density at radius 1 is 1.32 bits per heavy atom. The van der Waals surface area contributed by atoms with E-state index in [-0.39, 0.29) is 11.4 Å². The molecule has 0 atom stereocenters. The van der Waals surface area contributed by atoms with Crippen molar-refractivity contribution in [3.8, 4) is 0 Å². The fraction of sp³-hybridized carbons (Fsp3) is 0.364. The molecule has 8 heteroatoms. The van der Waals surface area contributed by atoms with E-state index in [2.05, 4.69) is 15.2 Å². The zero-order valence-electron chi connectivity index (χ0n) is 10.6. The SMILES string of the molecule is CNCc1cc(S(=O)(=O)NCc2ccno2)c(C)o1. The smallest absolute Gasteiger partial charge is 0.244 e. The van der Waals surface area contributed by atoms with Crippen molar-refractivity contribution in [1.29, 1.82) is 0 Å². The van der Waals surface area contributed by atoms with E-state index in [4.69, 9.17) is 8.94 Å². The lowest BCUT2D eigenvalue weighted by atomic mass is 10.4. The maximum absolute atomic E-state index is 12.1. The zero-order chi connectivity index (χ0) is 13.9. The summed E-state index contributed by atoms with van der Waals surface area (Å²) in [6.07, 6.45) is 1.46. The minimum atomic E-state index is -3.62. The van der Waals surface area contributed by atoms with Gasteiger partial charge in [-0.05, 0) is 14.0 Å². The highest BCUT2D eigenvalue weighted by Gasteiger charge is 2.21. The van der Waals surface area contributed by atoms with Crippen molar-refractivity contribution in [3.63, 3.8) is 0 Å². The topological polar surface area (TPSA) is 97.4 Å². The first-order valence-corrected chi connectivity index (χ1v) is 7.14.